The Morgan fingerprint density at radius 1 is 0.321 bits per heavy atom. The van der Waals surface area contributed by atoms with Gasteiger partial charge in [0.05, 0.1) is 15.9 Å². The lowest BCUT2D eigenvalue weighted by molar-refractivity contribution is 1.07. The zero-order chi connectivity index (χ0) is 37.0. The monoisotopic (exact) mass is 751 g/mol. The smallest absolute Gasteiger partial charge is 0.164 e. The van der Waals surface area contributed by atoms with E-state index >= 15 is 0 Å². The number of rotatable bonds is 6. The summed E-state index contributed by atoms with van der Waals surface area (Å²) in [6, 6.07) is 61.0. The van der Waals surface area contributed by atoms with Gasteiger partial charge in [0.25, 0.3) is 0 Å². The Labute approximate surface area is 330 Å². The summed E-state index contributed by atoms with van der Waals surface area (Å²) in [5, 5.41) is 3.62. The fourth-order valence-corrected chi connectivity index (χ4v) is 9.72. The number of hydrogen-bond donors (Lipinski definition) is 0. The molecule has 11 rings (SSSR count). The number of hydrogen-bond acceptors (Lipinski definition) is 7. The average molecular weight is 752 g/mol. The molecule has 0 fully saturated rings. The van der Waals surface area contributed by atoms with E-state index in [9.17, 15) is 0 Å². The van der Waals surface area contributed by atoms with Crippen LogP contribution in [0.5, 0.6) is 0 Å². The second kappa shape index (κ2) is 13.4. The third kappa shape index (κ3) is 5.64. The van der Waals surface area contributed by atoms with Crippen LogP contribution < -0.4 is 0 Å². The van der Waals surface area contributed by atoms with Crippen molar-refractivity contribution in [3.63, 3.8) is 0 Å². The number of thiophene rings is 2. The summed E-state index contributed by atoms with van der Waals surface area (Å²) in [4.78, 5) is 25.2. The summed E-state index contributed by atoms with van der Waals surface area (Å²) in [5.74, 6) is 2.67. The van der Waals surface area contributed by atoms with E-state index in [4.69, 9.17) is 24.9 Å². The minimum atomic E-state index is 0.639. The molecule has 0 bridgehead atoms. The lowest BCUT2D eigenvalue weighted by Crippen LogP contribution is -2.00. The Bertz CT molecular complexity index is 3170. The highest BCUT2D eigenvalue weighted by Crippen LogP contribution is 2.44. The third-order valence-electron chi connectivity index (χ3n) is 10.2. The van der Waals surface area contributed by atoms with Crippen LogP contribution >= 0.6 is 22.7 Å². The van der Waals surface area contributed by atoms with Crippen molar-refractivity contribution < 1.29 is 0 Å². The molecule has 0 aliphatic heterocycles. The molecule has 0 radical (unpaired) electrons. The zero-order valence-electron chi connectivity index (χ0n) is 29.8. The molecule has 0 aliphatic rings. The van der Waals surface area contributed by atoms with Gasteiger partial charge in [-0.3, -0.25) is 0 Å². The quantitative estimate of drug-likeness (QED) is 0.169. The fourth-order valence-electron chi connectivity index (χ4n) is 7.45. The summed E-state index contributed by atoms with van der Waals surface area (Å²) < 4.78 is 4.80. The molecule has 11 aromatic rings. The molecule has 262 valence electrons. The van der Waals surface area contributed by atoms with Crippen LogP contribution in [-0.2, 0) is 0 Å². The Morgan fingerprint density at radius 2 is 0.821 bits per heavy atom. The first-order valence-electron chi connectivity index (χ1n) is 18.4. The van der Waals surface area contributed by atoms with Crippen molar-refractivity contribution in [2.45, 2.75) is 0 Å². The van der Waals surface area contributed by atoms with Gasteiger partial charge in [-0.05, 0) is 35.4 Å². The molecule has 0 unspecified atom stereocenters. The molecule has 0 spiro atoms. The van der Waals surface area contributed by atoms with Gasteiger partial charge in [0, 0.05) is 58.1 Å². The summed E-state index contributed by atoms with van der Waals surface area (Å²) >= 11 is 3.58. The van der Waals surface area contributed by atoms with Crippen molar-refractivity contribution in [3.8, 4) is 67.9 Å². The van der Waals surface area contributed by atoms with E-state index in [0.29, 0.717) is 17.5 Å². The van der Waals surface area contributed by atoms with Crippen molar-refractivity contribution in [1.82, 2.24) is 24.9 Å². The van der Waals surface area contributed by atoms with Gasteiger partial charge in [-0.2, -0.15) is 0 Å². The number of nitrogens with zero attached hydrogens (tertiary/aromatic N) is 5. The summed E-state index contributed by atoms with van der Waals surface area (Å²) in [5.41, 5.74) is 9.18. The Hall–Kier alpha value is -6.93. The van der Waals surface area contributed by atoms with Crippen LogP contribution in [0.2, 0.25) is 0 Å². The maximum absolute atomic E-state index is 5.26. The predicted molar refractivity (Wildman–Crippen MR) is 234 cm³/mol. The van der Waals surface area contributed by atoms with E-state index in [2.05, 4.69) is 97.1 Å². The Kier molecular flexibility index (Phi) is 7.79. The zero-order valence-corrected chi connectivity index (χ0v) is 31.4. The molecule has 0 saturated carbocycles. The molecule has 0 N–H and O–H groups in total. The molecule has 7 aromatic carbocycles. The molecular weight excluding hydrogens is 723 g/mol. The second-order valence-corrected chi connectivity index (χ2v) is 15.8. The summed E-state index contributed by atoms with van der Waals surface area (Å²) in [6.45, 7) is 0. The van der Waals surface area contributed by atoms with Gasteiger partial charge < -0.3 is 0 Å². The molecule has 0 atom stereocenters. The molecule has 0 aliphatic carbocycles. The SMILES string of the molecule is c1ccc(-c2nc(-c3ccccc3)nc(-c3ccc(-c4cccc5sc6ccc(-c7nc(-c8ccccc8)nc8c7sc7ccccc78)cc6c45)cc3)n2)cc1. The van der Waals surface area contributed by atoms with Gasteiger partial charge in [-0.15, -0.1) is 22.7 Å². The first kappa shape index (κ1) is 32.5. The molecule has 4 heterocycles. The van der Waals surface area contributed by atoms with E-state index in [0.717, 1.165) is 60.5 Å². The highest BCUT2D eigenvalue weighted by atomic mass is 32.1. The lowest BCUT2D eigenvalue weighted by atomic mass is 9.97. The molecule has 4 aromatic heterocycles. The second-order valence-electron chi connectivity index (χ2n) is 13.6. The van der Waals surface area contributed by atoms with Crippen molar-refractivity contribution in [2.24, 2.45) is 0 Å². The van der Waals surface area contributed by atoms with Crippen molar-refractivity contribution >= 4 is 63.1 Å². The van der Waals surface area contributed by atoms with Gasteiger partial charge in [-0.1, -0.05) is 152 Å². The number of aromatic nitrogens is 5. The van der Waals surface area contributed by atoms with Gasteiger partial charge >= 0.3 is 0 Å². The minimum Gasteiger partial charge on any atom is -0.226 e. The maximum Gasteiger partial charge on any atom is 0.164 e. The molecule has 5 nitrogen and oxygen atoms in total. The topological polar surface area (TPSA) is 64.5 Å². The maximum atomic E-state index is 5.26. The van der Waals surface area contributed by atoms with Crippen LogP contribution in [0.25, 0.3) is 108 Å². The average Bonchev–Trinajstić information content (AvgIpc) is 3.85. The van der Waals surface area contributed by atoms with Crippen LogP contribution in [0.15, 0.2) is 176 Å². The van der Waals surface area contributed by atoms with Crippen LogP contribution in [0.3, 0.4) is 0 Å². The van der Waals surface area contributed by atoms with Crippen molar-refractivity contribution in [1.29, 1.82) is 0 Å². The van der Waals surface area contributed by atoms with E-state index in [1.165, 1.54) is 30.4 Å². The van der Waals surface area contributed by atoms with E-state index in [1.54, 1.807) is 11.3 Å². The molecular formula is C49H29N5S2. The van der Waals surface area contributed by atoms with Gasteiger partial charge in [-0.25, -0.2) is 24.9 Å². The standard InChI is InChI=1S/C49H29N5S2/c1-4-13-31(14-5-1)46-50-43(45-44(51-46)37-19-10-11-21-39(37)56-45)35-27-28-40-38(29-35)42-36(20-12-22-41(42)55-40)30-23-25-34(26-24-30)49-53-47(32-15-6-2-7-16-32)52-48(54-49)33-17-8-3-9-18-33/h1-29H. The minimum absolute atomic E-state index is 0.639. The lowest BCUT2D eigenvalue weighted by Gasteiger charge is -2.10. The largest absolute Gasteiger partial charge is 0.226 e. The van der Waals surface area contributed by atoms with Crippen LogP contribution in [-0.4, -0.2) is 24.9 Å². The first-order chi connectivity index (χ1) is 27.7. The Morgan fingerprint density at radius 3 is 1.46 bits per heavy atom. The van der Waals surface area contributed by atoms with Gasteiger partial charge in [0.2, 0.25) is 0 Å². The van der Waals surface area contributed by atoms with Crippen molar-refractivity contribution in [2.75, 3.05) is 0 Å². The highest BCUT2D eigenvalue weighted by molar-refractivity contribution is 7.26. The molecule has 0 saturated heterocycles. The van der Waals surface area contributed by atoms with Gasteiger partial charge in [0.1, 0.15) is 0 Å². The van der Waals surface area contributed by atoms with E-state index < -0.39 is 0 Å². The third-order valence-corrected chi connectivity index (χ3v) is 12.5. The highest BCUT2D eigenvalue weighted by Gasteiger charge is 2.19. The normalized spacial score (nSPS) is 11.6. The molecule has 56 heavy (non-hydrogen) atoms. The van der Waals surface area contributed by atoms with E-state index in [1.807, 2.05) is 90.2 Å². The van der Waals surface area contributed by atoms with E-state index in [-0.39, 0.29) is 0 Å². The fraction of sp³-hybridized carbons (Fsp3) is 0. The predicted octanol–water partition coefficient (Wildman–Crippen LogP) is 13.4. The van der Waals surface area contributed by atoms with Crippen LogP contribution in [0.4, 0.5) is 0 Å². The summed E-state index contributed by atoms with van der Waals surface area (Å²) in [6.07, 6.45) is 0. The number of benzene rings is 7. The van der Waals surface area contributed by atoms with Crippen LogP contribution in [0.1, 0.15) is 0 Å². The molecule has 0 amide bonds. The van der Waals surface area contributed by atoms with Crippen LogP contribution in [0, 0.1) is 0 Å². The summed E-state index contributed by atoms with van der Waals surface area (Å²) in [7, 11) is 0. The number of fused-ring (bicyclic) bond motifs is 6. The first-order valence-corrected chi connectivity index (χ1v) is 20.0. The van der Waals surface area contributed by atoms with Crippen molar-refractivity contribution in [3.05, 3.63) is 176 Å². The van der Waals surface area contributed by atoms with Gasteiger partial charge in [0.15, 0.2) is 23.3 Å². The Balaban J connectivity index is 1.04. The molecule has 7 heteroatoms.